The van der Waals surface area contributed by atoms with E-state index in [2.05, 4.69) is 13.1 Å². The van der Waals surface area contributed by atoms with Crippen LogP contribution in [-0.4, -0.2) is 14.9 Å². The first-order valence-electron chi connectivity index (χ1n) is 6.55. The zero-order valence-corrected chi connectivity index (χ0v) is 12.7. The van der Waals surface area contributed by atoms with E-state index >= 15 is 0 Å². The number of hydrogen-bond acceptors (Lipinski definition) is 1. The molecule has 0 saturated carbocycles. The normalized spacial score (nSPS) is 12.7. The van der Waals surface area contributed by atoms with Gasteiger partial charge in [-0.3, -0.25) is 0 Å². The Balaban J connectivity index is 2.55. The first-order chi connectivity index (χ1) is 8.74. The lowest BCUT2D eigenvalue weighted by Gasteiger charge is -2.21. The van der Waals surface area contributed by atoms with E-state index in [9.17, 15) is 13.2 Å². The lowest BCUT2D eigenvalue weighted by atomic mass is 10.1. The van der Waals surface area contributed by atoms with Crippen LogP contribution in [0.15, 0.2) is 24.3 Å². The first-order valence-corrected chi connectivity index (χ1v) is 9.66. The predicted molar refractivity (Wildman–Crippen MR) is 73.7 cm³/mol. The maximum absolute atomic E-state index is 12.6. The highest BCUT2D eigenvalue weighted by molar-refractivity contribution is 6.71. The van der Waals surface area contributed by atoms with Gasteiger partial charge in [0, 0.05) is 6.61 Å². The molecule has 0 amide bonds. The van der Waals surface area contributed by atoms with Crippen LogP contribution in [0.1, 0.15) is 24.5 Å². The molecule has 0 N–H and O–H groups in total. The maximum Gasteiger partial charge on any atom is 0.416 e. The van der Waals surface area contributed by atoms with E-state index < -0.39 is 20.1 Å². The first kappa shape index (κ1) is 16.2. The second-order valence-electron chi connectivity index (χ2n) is 5.24. The van der Waals surface area contributed by atoms with Gasteiger partial charge in [-0.25, -0.2) is 0 Å². The van der Waals surface area contributed by atoms with Crippen LogP contribution >= 0.6 is 0 Å². The fourth-order valence-electron chi connectivity index (χ4n) is 2.08. The zero-order valence-electron chi connectivity index (χ0n) is 11.7. The Labute approximate surface area is 113 Å². The van der Waals surface area contributed by atoms with E-state index in [1.807, 2.05) is 6.92 Å². The molecular formula is C14H21F3OSi. The Hall–Kier alpha value is -0.813. The van der Waals surface area contributed by atoms with Gasteiger partial charge in [-0.05, 0) is 50.5 Å². The Bertz CT molecular complexity index is 402. The van der Waals surface area contributed by atoms with Crippen molar-refractivity contribution in [3.8, 4) is 0 Å². The van der Waals surface area contributed by atoms with Crippen molar-refractivity contribution >= 4 is 8.32 Å². The molecule has 0 heterocycles. The van der Waals surface area contributed by atoms with Gasteiger partial charge in [0.15, 0.2) is 8.32 Å². The summed E-state index contributed by atoms with van der Waals surface area (Å²) in [5.74, 6) is 0. The molecule has 1 rings (SSSR count). The standard InChI is InChI=1S/C14H21F3OSi/c1-4-18-19(2,3)10-6-8-12-7-5-9-13(11-12)14(15,16)17/h5,7,9,11H,4,6,8,10H2,1-3H3. The van der Waals surface area contributed by atoms with Crippen LogP contribution in [0.5, 0.6) is 0 Å². The third-order valence-electron chi connectivity index (χ3n) is 3.03. The van der Waals surface area contributed by atoms with Crippen molar-refractivity contribution in [2.24, 2.45) is 0 Å². The van der Waals surface area contributed by atoms with Crippen molar-refractivity contribution in [2.75, 3.05) is 6.61 Å². The predicted octanol–water partition coefficient (Wildman–Crippen LogP) is 4.88. The van der Waals surface area contributed by atoms with Crippen LogP contribution in [0.2, 0.25) is 19.1 Å². The number of aryl methyl sites for hydroxylation is 1. The average molecular weight is 290 g/mol. The van der Waals surface area contributed by atoms with E-state index in [1.165, 1.54) is 12.1 Å². The van der Waals surface area contributed by atoms with Crippen LogP contribution in [0.3, 0.4) is 0 Å². The molecule has 0 radical (unpaired) electrons. The molecule has 0 aliphatic rings. The monoisotopic (exact) mass is 290 g/mol. The topological polar surface area (TPSA) is 9.23 Å². The summed E-state index contributed by atoms with van der Waals surface area (Å²) in [6.45, 7) is 6.97. The Morgan fingerprint density at radius 2 is 1.89 bits per heavy atom. The molecule has 0 aliphatic carbocycles. The molecule has 1 aromatic carbocycles. The number of hydrogen-bond donors (Lipinski definition) is 0. The van der Waals surface area contributed by atoms with Gasteiger partial charge >= 0.3 is 6.18 Å². The van der Waals surface area contributed by atoms with E-state index in [4.69, 9.17) is 4.43 Å². The minimum atomic E-state index is -4.25. The molecule has 0 aliphatic heterocycles. The fourth-order valence-corrected chi connectivity index (χ4v) is 4.04. The van der Waals surface area contributed by atoms with E-state index in [-0.39, 0.29) is 0 Å². The summed E-state index contributed by atoms with van der Waals surface area (Å²) in [5.41, 5.74) is 0.183. The van der Waals surface area contributed by atoms with E-state index in [0.29, 0.717) is 13.0 Å². The highest BCUT2D eigenvalue weighted by atomic mass is 28.4. The maximum atomic E-state index is 12.6. The number of rotatable bonds is 6. The third kappa shape index (κ3) is 5.78. The Kier molecular flexibility index (Phi) is 5.61. The fraction of sp³-hybridized carbons (Fsp3) is 0.571. The molecule has 19 heavy (non-hydrogen) atoms. The highest BCUT2D eigenvalue weighted by Crippen LogP contribution is 2.30. The molecule has 0 unspecified atom stereocenters. The molecule has 5 heteroatoms. The van der Waals surface area contributed by atoms with Crippen LogP contribution in [0.4, 0.5) is 13.2 Å². The van der Waals surface area contributed by atoms with Gasteiger partial charge in [0.2, 0.25) is 0 Å². The minimum absolute atomic E-state index is 0.564. The number of halogens is 3. The molecule has 1 aromatic rings. The van der Waals surface area contributed by atoms with Crippen molar-refractivity contribution in [1.29, 1.82) is 0 Å². The van der Waals surface area contributed by atoms with Crippen LogP contribution < -0.4 is 0 Å². The second-order valence-corrected chi connectivity index (χ2v) is 9.55. The van der Waals surface area contributed by atoms with Crippen LogP contribution in [0.25, 0.3) is 0 Å². The summed E-state index contributed by atoms with van der Waals surface area (Å²) in [4.78, 5) is 0. The lowest BCUT2D eigenvalue weighted by molar-refractivity contribution is -0.137. The number of benzene rings is 1. The summed E-state index contributed by atoms with van der Waals surface area (Å²) in [6.07, 6.45) is -2.71. The van der Waals surface area contributed by atoms with Crippen LogP contribution in [0, 0.1) is 0 Å². The molecule has 0 aromatic heterocycles. The summed E-state index contributed by atoms with van der Waals surface area (Å²) >= 11 is 0. The van der Waals surface area contributed by atoms with Gasteiger partial charge in [0.1, 0.15) is 0 Å². The molecule has 0 saturated heterocycles. The van der Waals surface area contributed by atoms with E-state index in [1.54, 1.807) is 6.07 Å². The van der Waals surface area contributed by atoms with Crippen molar-refractivity contribution < 1.29 is 17.6 Å². The average Bonchev–Trinajstić information content (AvgIpc) is 2.28. The van der Waals surface area contributed by atoms with Crippen LogP contribution in [-0.2, 0) is 17.0 Å². The lowest BCUT2D eigenvalue weighted by Crippen LogP contribution is -2.30. The smallest absolute Gasteiger partial charge is 0.416 e. The van der Waals surface area contributed by atoms with Gasteiger partial charge in [-0.15, -0.1) is 0 Å². The second kappa shape index (κ2) is 6.57. The molecule has 108 valence electrons. The SMILES string of the molecule is CCO[Si](C)(C)CCCc1cccc(C(F)(F)F)c1. The minimum Gasteiger partial charge on any atom is -0.418 e. The van der Waals surface area contributed by atoms with Crippen molar-refractivity contribution in [3.05, 3.63) is 35.4 Å². The third-order valence-corrected chi connectivity index (χ3v) is 5.66. The Morgan fingerprint density at radius 1 is 1.21 bits per heavy atom. The zero-order chi connectivity index (χ0) is 14.5. The molecule has 0 atom stereocenters. The van der Waals surface area contributed by atoms with Crippen molar-refractivity contribution in [1.82, 2.24) is 0 Å². The summed E-state index contributed by atoms with van der Waals surface area (Å²) in [5, 5.41) is 0. The molecule has 1 nitrogen and oxygen atoms in total. The molecule has 0 spiro atoms. The van der Waals surface area contributed by atoms with Gasteiger partial charge in [-0.2, -0.15) is 13.2 Å². The van der Waals surface area contributed by atoms with E-state index in [0.717, 1.165) is 24.1 Å². The largest absolute Gasteiger partial charge is 0.418 e. The molecular weight excluding hydrogens is 269 g/mol. The van der Waals surface area contributed by atoms with Gasteiger partial charge in [0.25, 0.3) is 0 Å². The Morgan fingerprint density at radius 3 is 2.47 bits per heavy atom. The number of alkyl halides is 3. The van der Waals surface area contributed by atoms with Gasteiger partial charge in [0.05, 0.1) is 5.56 Å². The molecule has 0 bridgehead atoms. The molecule has 0 fully saturated rings. The van der Waals surface area contributed by atoms with Gasteiger partial charge in [-0.1, -0.05) is 18.2 Å². The summed E-state index contributed by atoms with van der Waals surface area (Å²) in [7, 11) is -1.63. The quantitative estimate of drug-likeness (QED) is 0.678. The summed E-state index contributed by atoms with van der Waals surface area (Å²) in [6, 6.07) is 6.56. The highest BCUT2D eigenvalue weighted by Gasteiger charge is 2.30. The summed E-state index contributed by atoms with van der Waals surface area (Å²) < 4.78 is 43.4. The van der Waals surface area contributed by atoms with Crippen molar-refractivity contribution in [3.63, 3.8) is 0 Å². The van der Waals surface area contributed by atoms with Gasteiger partial charge < -0.3 is 4.43 Å². The van der Waals surface area contributed by atoms with Crippen molar-refractivity contribution in [2.45, 2.75) is 45.1 Å².